The quantitative estimate of drug-likeness (QED) is 0.717. The average Bonchev–Trinajstić information content (AvgIpc) is 2.03. The van der Waals surface area contributed by atoms with Gasteiger partial charge in [-0.05, 0) is 18.8 Å². The van der Waals surface area contributed by atoms with Gasteiger partial charge in [-0.3, -0.25) is 0 Å². The fourth-order valence-electron chi connectivity index (χ4n) is 1.86. The molecule has 1 aliphatic carbocycles. The van der Waals surface area contributed by atoms with Crippen LogP contribution in [0.25, 0.3) is 0 Å². The van der Waals surface area contributed by atoms with E-state index in [1.54, 1.807) is 0 Å². The molecule has 1 fully saturated rings. The summed E-state index contributed by atoms with van der Waals surface area (Å²) in [7, 11) is 0. The first kappa shape index (κ1) is 10.1. The van der Waals surface area contributed by atoms with Crippen LogP contribution in [0.3, 0.4) is 0 Å². The largest absolute Gasteiger partial charge is 0.309 e. The Kier molecular flexibility index (Phi) is 4.10. The van der Waals surface area contributed by atoms with Crippen LogP contribution in [0.15, 0.2) is 11.6 Å². The fourth-order valence-corrected chi connectivity index (χ4v) is 1.94. The summed E-state index contributed by atoms with van der Waals surface area (Å²) in [5.41, 5.74) is 0. The molecule has 1 saturated carbocycles. The zero-order valence-electron chi connectivity index (χ0n) is 7.78. The highest BCUT2D eigenvalue weighted by Gasteiger charge is 2.20. The second kappa shape index (κ2) is 4.88. The van der Waals surface area contributed by atoms with Gasteiger partial charge in [-0.15, -0.1) is 0 Å². The number of hydrogen-bond acceptors (Lipinski definition) is 1. The number of hydrogen-bond donors (Lipinski definition) is 1. The summed E-state index contributed by atoms with van der Waals surface area (Å²) in [6.07, 6.45) is 5.40. The van der Waals surface area contributed by atoms with Crippen LogP contribution >= 0.6 is 11.6 Å². The summed E-state index contributed by atoms with van der Waals surface area (Å²) in [4.78, 5) is 0. The van der Waals surface area contributed by atoms with Crippen LogP contribution in [0.2, 0.25) is 0 Å². The summed E-state index contributed by atoms with van der Waals surface area (Å²) in [5.74, 6) is 0.801. The smallest absolute Gasteiger partial charge is 0.0310 e. The Morgan fingerprint density at radius 1 is 1.50 bits per heavy atom. The van der Waals surface area contributed by atoms with Crippen LogP contribution in [-0.4, -0.2) is 12.6 Å². The zero-order valence-corrected chi connectivity index (χ0v) is 8.53. The molecule has 1 rings (SSSR count). The van der Waals surface area contributed by atoms with E-state index in [0.717, 1.165) is 12.5 Å². The molecule has 2 heteroatoms. The molecule has 12 heavy (non-hydrogen) atoms. The fraction of sp³-hybridized carbons (Fsp3) is 0.800. The van der Waals surface area contributed by atoms with Gasteiger partial charge >= 0.3 is 0 Å². The van der Waals surface area contributed by atoms with Crippen molar-refractivity contribution in [1.29, 1.82) is 0 Å². The van der Waals surface area contributed by atoms with Crippen molar-refractivity contribution in [3.63, 3.8) is 0 Å². The summed E-state index contributed by atoms with van der Waals surface area (Å²) in [5, 5.41) is 4.15. The first-order valence-corrected chi connectivity index (χ1v) is 5.14. The van der Waals surface area contributed by atoms with E-state index in [1.165, 1.54) is 25.7 Å². The summed E-state index contributed by atoms with van der Waals surface area (Å²) in [6, 6.07) is 0.661. The van der Waals surface area contributed by atoms with E-state index in [0.29, 0.717) is 11.1 Å². The lowest BCUT2D eigenvalue weighted by molar-refractivity contribution is 0.287. The lowest BCUT2D eigenvalue weighted by atomic mass is 9.86. The highest BCUT2D eigenvalue weighted by molar-refractivity contribution is 6.29. The van der Waals surface area contributed by atoms with Crippen LogP contribution < -0.4 is 5.32 Å². The second-order valence-electron chi connectivity index (χ2n) is 3.77. The van der Waals surface area contributed by atoms with Gasteiger partial charge in [0, 0.05) is 17.6 Å². The van der Waals surface area contributed by atoms with Gasteiger partial charge in [0.05, 0.1) is 0 Å². The molecule has 0 heterocycles. The number of nitrogens with one attached hydrogen (secondary N) is 1. The molecule has 0 aliphatic heterocycles. The predicted molar refractivity (Wildman–Crippen MR) is 54.4 cm³/mol. The van der Waals surface area contributed by atoms with Crippen molar-refractivity contribution in [2.24, 2.45) is 5.92 Å². The van der Waals surface area contributed by atoms with Crippen LogP contribution in [0.5, 0.6) is 0 Å². The minimum atomic E-state index is 0.661. The van der Waals surface area contributed by atoms with Crippen molar-refractivity contribution >= 4 is 11.6 Å². The van der Waals surface area contributed by atoms with Gasteiger partial charge < -0.3 is 5.32 Å². The van der Waals surface area contributed by atoms with Crippen molar-refractivity contribution in [2.75, 3.05) is 6.54 Å². The minimum absolute atomic E-state index is 0.661. The normalized spacial score (nSPS) is 30.2. The Bertz CT molecular complexity index is 156. The second-order valence-corrected chi connectivity index (χ2v) is 4.30. The minimum Gasteiger partial charge on any atom is -0.309 e. The van der Waals surface area contributed by atoms with E-state index < -0.39 is 0 Å². The van der Waals surface area contributed by atoms with Gasteiger partial charge in [-0.25, -0.2) is 0 Å². The molecule has 1 N–H and O–H groups in total. The number of halogens is 1. The Morgan fingerprint density at radius 3 is 2.75 bits per heavy atom. The van der Waals surface area contributed by atoms with E-state index in [9.17, 15) is 0 Å². The maximum Gasteiger partial charge on any atom is 0.0310 e. The maximum atomic E-state index is 5.69. The van der Waals surface area contributed by atoms with Gasteiger partial charge in [-0.2, -0.15) is 0 Å². The van der Waals surface area contributed by atoms with Gasteiger partial charge in [-0.1, -0.05) is 37.9 Å². The van der Waals surface area contributed by atoms with Crippen molar-refractivity contribution < 1.29 is 0 Å². The van der Waals surface area contributed by atoms with E-state index in [-0.39, 0.29) is 0 Å². The van der Waals surface area contributed by atoms with Crippen LogP contribution in [0.1, 0.15) is 32.6 Å². The third-order valence-electron chi connectivity index (χ3n) is 2.67. The molecular formula is C10H18ClN. The maximum absolute atomic E-state index is 5.69. The van der Waals surface area contributed by atoms with Crippen molar-refractivity contribution in [3.8, 4) is 0 Å². The molecule has 0 saturated heterocycles. The van der Waals surface area contributed by atoms with Gasteiger partial charge in [0.2, 0.25) is 0 Å². The molecule has 2 atom stereocenters. The number of rotatable bonds is 3. The standard InChI is InChI=1S/C10H18ClN/c1-8-5-3-4-6-10(8)12-7-9(2)11/h8,10,12H,2-7H2,1H3. The first-order valence-electron chi connectivity index (χ1n) is 4.77. The molecule has 0 amide bonds. The molecule has 0 spiro atoms. The molecule has 0 aromatic rings. The van der Waals surface area contributed by atoms with Crippen LogP contribution in [0.4, 0.5) is 0 Å². The van der Waals surface area contributed by atoms with Crippen molar-refractivity contribution in [3.05, 3.63) is 11.6 Å². The highest BCUT2D eigenvalue weighted by Crippen LogP contribution is 2.23. The van der Waals surface area contributed by atoms with Crippen molar-refractivity contribution in [1.82, 2.24) is 5.32 Å². The molecule has 0 aromatic carbocycles. The van der Waals surface area contributed by atoms with Crippen molar-refractivity contribution in [2.45, 2.75) is 38.6 Å². The third kappa shape index (κ3) is 3.16. The molecule has 1 aliphatic rings. The van der Waals surface area contributed by atoms with E-state index >= 15 is 0 Å². The monoisotopic (exact) mass is 187 g/mol. The Balaban J connectivity index is 2.24. The molecule has 0 radical (unpaired) electrons. The highest BCUT2D eigenvalue weighted by atomic mass is 35.5. The molecule has 0 aromatic heterocycles. The predicted octanol–water partition coefficient (Wildman–Crippen LogP) is 2.91. The molecule has 70 valence electrons. The Labute approximate surface area is 80.2 Å². The van der Waals surface area contributed by atoms with Gasteiger partial charge in [0.1, 0.15) is 0 Å². The topological polar surface area (TPSA) is 12.0 Å². The summed E-state index contributed by atoms with van der Waals surface area (Å²) in [6.45, 7) is 6.74. The average molecular weight is 188 g/mol. The third-order valence-corrected chi connectivity index (χ3v) is 2.80. The van der Waals surface area contributed by atoms with E-state index in [1.807, 2.05) is 0 Å². The molecule has 2 unspecified atom stereocenters. The van der Waals surface area contributed by atoms with E-state index in [4.69, 9.17) is 11.6 Å². The molecule has 0 bridgehead atoms. The van der Waals surface area contributed by atoms with E-state index in [2.05, 4.69) is 18.8 Å². The zero-order chi connectivity index (χ0) is 8.97. The summed E-state index contributed by atoms with van der Waals surface area (Å²) >= 11 is 5.69. The van der Waals surface area contributed by atoms with Gasteiger partial charge in [0.25, 0.3) is 0 Å². The first-order chi connectivity index (χ1) is 5.70. The molecule has 1 nitrogen and oxygen atoms in total. The lowest BCUT2D eigenvalue weighted by Crippen LogP contribution is -2.37. The SMILES string of the molecule is C=C(Cl)CNC1CCCCC1C. The summed E-state index contributed by atoms with van der Waals surface area (Å²) < 4.78 is 0. The van der Waals surface area contributed by atoms with Gasteiger partial charge in [0.15, 0.2) is 0 Å². The molecular weight excluding hydrogens is 170 g/mol. The van der Waals surface area contributed by atoms with Crippen LogP contribution in [-0.2, 0) is 0 Å². The Hall–Kier alpha value is -0.0100. The van der Waals surface area contributed by atoms with Crippen LogP contribution in [0, 0.1) is 5.92 Å². The Morgan fingerprint density at radius 2 is 2.17 bits per heavy atom. The lowest BCUT2D eigenvalue weighted by Gasteiger charge is -2.29.